The van der Waals surface area contributed by atoms with Crippen LogP contribution in [0, 0.1) is 0 Å². The fourth-order valence-electron chi connectivity index (χ4n) is 1.80. The van der Waals surface area contributed by atoms with E-state index in [4.69, 9.17) is 4.74 Å². The molecule has 16 heavy (non-hydrogen) atoms. The van der Waals surface area contributed by atoms with Gasteiger partial charge in [-0.1, -0.05) is 0 Å². The van der Waals surface area contributed by atoms with Crippen LogP contribution in [0.4, 0.5) is 0 Å². The molecule has 0 aliphatic carbocycles. The summed E-state index contributed by atoms with van der Waals surface area (Å²) in [5.74, 6) is 0. The first-order chi connectivity index (χ1) is 7.93. The number of thiophene rings is 1. The quantitative estimate of drug-likeness (QED) is 0.770. The molecule has 0 bridgehead atoms. The van der Waals surface area contributed by atoms with Crippen molar-refractivity contribution in [2.45, 2.75) is 23.1 Å². The van der Waals surface area contributed by atoms with Gasteiger partial charge in [-0.2, -0.15) is 0 Å². The molecule has 0 N–H and O–H groups in total. The molecule has 84 valence electrons. The normalized spacial score (nSPS) is 18.0. The Kier molecular flexibility index (Phi) is 3.08. The number of fused-ring (bicyclic) bond motifs is 1. The third kappa shape index (κ3) is 2.07. The van der Waals surface area contributed by atoms with Crippen molar-refractivity contribution in [3.63, 3.8) is 0 Å². The van der Waals surface area contributed by atoms with E-state index in [9.17, 15) is 0 Å². The lowest BCUT2D eigenvalue weighted by Gasteiger charge is -2.20. The summed E-state index contributed by atoms with van der Waals surface area (Å²) < 4.78 is 6.59. The molecule has 0 spiro atoms. The van der Waals surface area contributed by atoms with Crippen molar-refractivity contribution in [3.8, 4) is 0 Å². The predicted octanol–water partition coefficient (Wildman–Crippen LogP) is 2.96. The molecule has 1 saturated heterocycles. The molecule has 3 heterocycles. The largest absolute Gasteiger partial charge is 0.381 e. The summed E-state index contributed by atoms with van der Waals surface area (Å²) in [4.78, 5) is 8.65. The maximum absolute atomic E-state index is 5.37. The number of thioether (sulfide) groups is 1. The maximum atomic E-state index is 5.37. The van der Waals surface area contributed by atoms with Gasteiger partial charge in [-0.3, -0.25) is 0 Å². The van der Waals surface area contributed by atoms with Gasteiger partial charge in [-0.05, 0) is 24.3 Å². The van der Waals surface area contributed by atoms with E-state index < -0.39 is 0 Å². The molecule has 1 fully saturated rings. The van der Waals surface area contributed by atoms with Gasteiger partial charge in [0.2, 0.25) is 0 Å². The van der Waals surface area contributed by atoms with E-state index in [1.165, 1.54) is 4.70 Å². The standard InChI is InChI=1S/C11H12N2OS2/c1-4-14-5-2-8(1)16-11-10-9(3-6-15-10)12-7-13-11/h3,6-8H,1-2,4-5H2. The summed E-state index contributed by atoms with van der Waals surface area (Å²) in [6.45, 7) is 1.77. The van der Waals surface area contributed by atoms with Crippen LogP contribution in [0.2, 0.25) is 0 Å². The Hall–Kier alpha value is -0.650. The van der Waals surface area contributed by atoms with Crippen molar-refractivity contribution >= 4 is 33.3 Å². The first-order valence-corrected chi connectivity index (χ1v) is 7.12. The molecule has 1 aliphatic heterocycles. The maximum Gasteiger partial charge on any atom is 0.118 e. The van der Waals surface area contributed by atoms with E-state index in [1.807, 2.05) is 11.8 Å². The fraction of sp³-hybridized carbons (Fsp3) is 0.455. The van der Waals surface area contributed by atoms with Gasteiger partial charge < -0.3 is 4.74 Å². The van der Waals surface area contributed by atoms with Gasteiger partial charge in [-0.25, -0.2) is 9.97 Å². The molecular weight excluding hydrogens is 240 g/mol. The molecule has 0 amide bonds. The molecule has 1 aliphatic rings. The zero-order valence-electron chi connectivity index (χ0n) is 8.76. The van der Waals surface area contributed by atoms with Gasteiger partial charge in [0.15, 0.2) is 0 Å². The third-order valence-electron chi connectivity index (χ3n) is 2.66. The van der Waals surface area contributed by atoms with Crippen LogP contribution in [0.1, 0.15) is 12.8 Å². The first kappa shape index (κ1) is 10.5. The zero-order chi connectivity index (χ0) is 10.8. The van der Waals surface area contributed by atoms with E-state index in [0.717, 1.165) is 36.6 Å². The first-order valence-electron chi connectivity index (χ1n) is 5.36. The molecular formula is C11H12N2OS2. The highest BCUT2D eigenvalue weighted by molar-refractivity contribution is 8.00. The molecule has 5 heteroatoms. The summed E-state index contributed by atoms with van der Waals surface area (Å²) in [5.41, 5.74) is 1.06. The minimum atomic E-state index is 0.647. The number of aromatic nitrogens is 2. The van der Waals surface area contributed by atoms with Crippen LogP contribution in [-0.4, -0.2) is 28.4 Å². The highest BCUT2D eigenvalue weighted by Crippen LogP contribution is 2.34. The van der Waals surface area contributed by atoms with Crippen molar-refractivity contribution in [1.29, 1.82) is 0 Å². The average molecular weight is 252 g/mol. The summed E-state index contributed by atoms with van der Waals surface area (Å²) >= 11 is 3.60. The van der Waals surface area contributed by atoms with Gasteiger partial charge >= 0.3 is 0 Å². The fourth-order valence-corrected chi connectivity index (χ4v) is 3.88. The van der Waals surface area contributed by atoms with E-state index in [1.54, 1.807) is 17.7 Å². The molecule has 2 aromatic heterocycles. The second-order valence-corrected chi connectivity index (χ2v) is 5.95. The monoisotopic (exact) mass is 252 g/mol. The summed E-state index contributed by atoms with van der Waals surface area (Å²) in [5, 5.41) is 3.86. The third-order valence-corrected chi connectivity index (χ3v) is 5.03. The van der Waals surface area contributed by atoms with Crippen LogP contribution >= 0.6 is 23.1 Å². The zero-order valence-corrected chi connectivity index (χ0v) is 10.4. The van der Waals surface area contributed by atoms with Crippen LogP contribution in [0.15, 0.2) is 22.8 Å². The lowest BCUT2D eigenvalue weighted by molar-refractivity contribution is 0.1000. The van der Waals surface area contributed by atoms with Crippen molar-refractivity contribution in [1.82, 2.24) is 9.97 Å². The highest BCUT2D eigenvalue weighted by Gasteiger charge is 2.17. The van der Waals surface area contributed by atoms with Gasteiger partial charge in [0, 0.05) is 18.5 Å². The Bertz CT molecular complexity index is 480. The SMILES string of the molecule is c1nc(SC2CCOCC2)c2sccc2n1. The minimum Gasteiger partial charge on any atom is -0.381 e. The van der Waals surface area contributed by atoms with Crippen LogP contribution < -0.4 is 0 Å². The molecule has 0 unspecified atom stereocenters. The summed E-state index contributed by atoms with van der Waals surface area (Å²) in [6.07, 6.45) is 3.92. The van der Waals surface area contributed by atoms with Crippen LogP contribution in [0.3, 0.4) is 0 Å². The van der Waals surface area contributed by atoms with Crippen molar-refractivity contribution < 1.29 is 4.74 Å². The predicted molar refractivity (Wildman–Crippen MR) is 67.1 cm³/mol. The average Bonchev–Trinajstić information content (AvgIpc) is 2.80. The van der Waals surface area contributed by atoms with E-state index in [2.05, 4.69) is 21.4 Å². The number of nitrogens with zero attached hydrogens (tertiary/aromatic N) is 2. The number of ether oxygens (including phenoxy) is 1. The number of rotatable bonds is 2. The van der Waals surface area contributed by atoms with Gasteiger partial charge in [0.25, 0.3) is 0 Å². The van der Waals surface area contributed by atoms with Gasteiger partial charge in [0.1, 0.15) is 11.4 Å². The van der Waals surface area contributed by atoms with Gasteiger partial charge in [-0.15, -0.1) is 23.1 Å². The molecule has 0 aromatic carbocycles. The number of hydrogen-bond acceptors (Lipinski definition) is 5. The van der Waals surface area contributed by atoms with Crippen LogP contribution in [-0.2, 0) is 4.74 Å². The van der Waals surface area contributed by atoms with Gasteiger partial charge in [0.05, 0.1) is 10.2 Å². The second kappa shape index (κ2) is 4.69. The Morgan fingerprint density at radius 1 is 1.31 bits per heavy atom. The van der Waals surface area contributed by atoms with E-state index in [-0.39, 0.29) is 0 Å². The molecule has 2 aromatic rings. The Morgan fingerprint density at radius 3 is 3.06 bits per heavy atom. The van der Waals surface area contributed by atoms with Crippen LogP contribution in [0.25, 0.3) is 10.2 Å². The summed E-state index contributed by atoms with van der Waals surface area (Å²) in [6, 6.07) is 2.05. The lowest BCUT2D eigenvalue weighted by atomic mass is 10.2. The molecule has 0 saturated carbocycles. The molecule has 3 rings (SSSR count). The van der Waals surface area contributed by atoms with Crippen molar-refractivity contribution in [2.75, 3.05) is 13.2 Å². The van der Waals surface area contributed by atoms with Crippen LogP contribution in [0.5, 0.6) is 0 Å². The Labute approximate surface area is 102 Å². The topological polar surface area (TPSA) is 35.0 Å². The van der Waals surface area contributed by atoms with Crippen molar-refractivity contribution in [3.05, 3.63) is 17.8 Å². The molecule has 0 radical (unpaired) electrons. The second-order valence-electron chi connectivity index (χ2n) is 3.74. The molecule has 3 nitrogen and oxygen atoms in total. The minimum absolute atomic E-state index is 0.647. The lowest BCUT2D eigenvalue weighted by Crippen LogP contribution is -2.17. The summed E-state index contributed by atoms with van der Waals surface area (Å²) in [7, 11) is 0. The molecule has 0 atom stereocenters. The Balaban J connectivity index is 1.85. The number of hydrogen-bond donors (Lipinski definition) is 0. The van der Waals surface area contributed by atoms with Crippen molar-refractivity contribution in [2.24, 2.45) is 0 Å². The highest BCUT2D eigenvalue weighted by atomic mass is 32.2. The van der Waals surface area contributed by atoms with E-state index >= 15 is 0 Å². The Morgan fingerprint density at radius 2 is 2.19 bits per heavy atom. The van der Waals surface area contributed by atoms with E-state index in [0.29, 0.717) is 5.25 Å². The smallest absolute Gasteiger partial charge is 0.118 e.